The van der Waals surface area contributed by atoms with Gasteiger partial charge in [-0.1, -0.05) is 17.7 Å². The van der Waals surface area contributed by atoms with Crippen LogP contribution >= 0.6 is 11.6 Å². The summed E-state index contributed by atoms with van der Waals surface area (Å²) in [6.45, 7) is 2.74. The molecule has 1 heterocycles. The predicted octanol–water partition coefficient (Wildman–Crippen LogP) is 3.13. The molecule has 1 aliphatic heterocycles. The Morgan fingerprint density at radius 2 is 2.28 bits per heavy atom. The molecule has 2 atom stereocenters. The summed E-state index contributed by atoms with van der Waals surface area (Å²) in [6.07, 6.45) is 3.65. The van der Waals surface area contributed by atoms with Gasteiger partial charge in [-0.15, -0.1) is 0 Å². The second-order valence-corrected chi connectivity index (χ2v) is 4.91. The molecule has 0 aromatic heterocycles. The highest BCUT2D eigenvalue weighted by atomic mass is 35.5. The lowest BCUT2D eigenvalue weighted by atomic mass is 9.99. The number of hydrogen-bond donors (Lipinski definition) is 1. The number of hydrogen-bond acceptors (Lipinski definition) is 3. The summed E-state index contributed by atoms with van der Waals surface area (Å²) in [4.78, 5) is 0. The molecule has 0 aliphatic carbocycles. The Balaban J connectivity index is 1.98. The van der Waals surface area contributed by atoms with Crippen LogP contribution in [0.2, 0.25) is 5.02 Å². The summed E-state index contributed by atoms with van der Waals surface area (Å²) in [6, 6.07) is 7.19. The highest BCUT2D eigenvalue weighted by molar-refractivity contribution is 6.30. The standard InChI is InChI=1S/C14H18ClNO2/c1-10(14(16)11-4-3-7-17-9-11)18-13-6-2-5-12(15)8-13/h2,5-6,8-10,14H,3-4,7,16H2,1H3. The number of rotatable bonds is 4. The lowest BCUT2D eigenvalue weighted by Gasteiger charge is -2.25. The van der Waals surface area contributed by atoms with Crippen molar-refractivity contribution in [3.8, 4) is 5.75 Å². The minimum Gasteiger partial charge on any atom is -0.501 e. The number of nitrogens with two attached hydrogens (primary N) is 1. The molecule has 1 aliphatic rings. The van der Waals surface area contributed by atoms with Gasteiger partial charge in [0.1, 0.15) is 11.9 Å². The van der Waals surface area contributed by atoms with E-state index in [4.69, 9.17) is 26.8 Å². The van der Waals surface area contributed by atoms with Crippen molar-refractivity contribution < 1.29 is 9.47 Å². The van der Waals surface area contributed by atoms with Crippen LogP contribution in [-0.2, 0) is 4.74 Å². The average Bonchev–Trinajstić information content (AvgIpc) is 2.39. The van der Waals surface area contributed by atoms with Crippen LogP contribution in [0.3, 0.4) is 0 Å². The lowest BCUT2D eigenvalue weighted by molar-refractivity contribution is 0.181. The van der Waals surface area contributed by atoms with Crippen LogP contribution in [-0.4, -0.2) is 18.8 Å². The van der Waals surface area contributed by atoms with Crippen LogP contribution in [0.4, 0.5) is 0 Å². The highest BCUT2D eigenvalue weighted by Crippen LogP contribution is 2.22. The Bertz CT molecular complexity index is 434. The fraction of sp³-hybridized carbons (Fsp3) is 0.429. The van der Waals surface area contributed by atoms with Crippen LogP contribution < -0.4 is 10.5 Å². The summed E-state index contributed by atoms with van der Waals surface area (Å²) in [5.74, 6) is 0.739. The Kier molecular flexibility index (Phi) is 4.50. The van der Waals surface area contributed by atoms with E-state index >= 15 is 0 Å². The molecular weight excluding hydrogens is 250 g/mol. The molecular formula is C14H18ClNO2. The zero-order valence-electron chi connectivity index (χ0n) is 10.4. The van der Waals surface area contributed by atoms with Crippen molar-refractivity contribution in [1.29, 1.82) is 0 Å². The maximum absolute atomic E-state index is 6.17. The molecule has 2 N–H and O–H groups in total. The van der Waals surface area contributed by atoms with Crippen molar-refractivity contribution in [2.75, 3.05) is 6.61 Å². The van der Waals surface area contributed by atoms with Gasteiger partial charge in [-0.25, -0.2) is 0 Å². The topological polar surface area (TPSA) is 44.5 Å². The molecule has 0 saturated heterocycles. The van der Waals surface area contributed by atoms with E-state index < -0.39 is 0 Å². The van der Waals surface area contributed by atoms with Crippen molar-refractivity contribution >= 4 is 11.6 Å². The Morgan fingerprint density at radius 3 is 2.94 bits per heavy atom. The van der Waals surface area contributed by atoms with Crippen molar-refractivity contribution in [1.82, 2.24) is 0 Å². The van der Waals surface area contributed by atoms with Crippen LogP contribution in [0.1, 0.15) is 19.8 Å². The van der Waals surface area contributed by atoms with Crippen molar-refractivity contribution in [2.45, 2.75) is 31.9 Å². The number of benzene rings is 1. The molecule has 0 fully saturated rings. The van der Waals surface area contributed by atoms with Gasteiger partial charge in [0.05, 0.1) is 18.9 Å². The molecule has 0 amide bonds. The minimum atomic E-state index is -0.149. The quantitative estimate of drug-likeness (QED) is 0.912. The first-order chi connectivity index (χ1) is 8.66. The average molecular weight is 268 g/mol. The third kappa shape index (κ3) is 3.40. The third-order valence-corrected chi connectivity index (χ3v) is 3.25. The Labute approximate surface area is 113 Å². The summed E-state index contributed by atoms with van der Waals surface area (Å²) in [5, 5.41) is 0.661. The van der Waals surface area contributed by atoms with E-state index in [0.717, 1.165) is 30.8 Å². The molecule has 4 heteroatoms. The smallest absolute Gasteiger partial charge is 0.121 e. The van der Waals surface area contributed by atoms with E-state index in [2.05, 4.69) is 0 Å². The van der Waals surface area contributed by atoms with E-state index in [0.29, 0.717) is 5.02 Å². The van der Waals surface area contributed by atoms with Crippen molar-refractivity contribution in [2.24, 2.45) is 5.73 Å². The number of ether oxygens (including phenoxy) is 2. The molecule has 2 rings (SSSR count). The van der Waals surface area contributed by atoms with E-state index in [1.807, 2.05) is 25.1 Å². The summed E-state index contributed by atoms with van der Waals surface area (Å²) >= 11 is 5.91. The van der Waals surface area contributed by atoms with Crippen LogP contribution in [0, 0.1) is 0 Å². The first-order valence-electron chi connectivity index (χ1n) is 6.15. The predicted molar refractivity (Wildman–Crippen MR) is 72.8 cm³/mol. The van der Waals surface area contributed by atoms with Crippen LogP contribution in [0.25, 0.3) is 0 Å². The van der Waals surface area contributed by atoms with Gasteiger partial charge in [0.25, 0.3) is 0 Å². The molecule has 3 nitrogen and oxygen atoms in total. The van der Waals surface area contributed by atoms with Gasteiger partial charge in [-0.05, 0) is 43.5 Å². The van der Waals surface area contributed by atoms with Gasteiger partial charge in [0.2, 0.25) is 0 Å². The molecule has 0 saturated carbocycles. The molecule has 0 spiro atoms. The first kappa shape index (κ1) is 13.2. The zero-order valence-corrected chi connectivity index (χ0v) is 11.2. The summed E-state index contributed by atoms with van der Waals surface area (Å²) in [7, 11) is 0. The zero-order chi connectivity index (χ0) is 13.0. The second kappa shape index (κ2) is 6.12. The Morgan fingerprint density at radius 1 is 1.44 bits per heavy atom. The molecule has 98 valence electrons. The maximum atomic E-state index is 6.17. The highest BCUT2D eigenvalue weighted by Gasteiger charge is 2.20. The fourth-order valence-electron chi connectivity index (χ4n) is 1.96. The molecule has 1 aromatic carbocycles. The maximum Gasteiger partial charge on any atom is 0.121 e. The van der Waals surface area contributed by atoms with Crippen LogP contribution in [0.15, 0.2) is 36.1 Å². The Hall–Kier alpha value is -1.19. The van der Waals surface area contributed by atoms with Gasteiger partial charge >= 0.3 is 0 Å². The fourth-order valence-corrected chi connectivity index (χ4v) is 2.14. The van der Waals surface area contributed by atoms with Gasteiger partial charge in [0, 0.05) is 5.02 Å². The van der Waals surface area contributed by atoms with Gasteiger partial charge in [0.15, 0.2) is 0 Å². The largest absolute Gasteiger partial charge is 0.501 e. The molecule has 0 bridgehead atoms. The van der Waals surface area contributed by atoms with E-state index in [1.165, 1.54) is 0 Å². The third-order valence-electron chi connectivity index (χ3n) is 3.01. The van der Waals surface area contributed by atoms with E-state index in [1.54, 1.807) is 12.3 Å². The number of halogens is 1. The van der Waals surface area contributed by atoms with Gasteiger partial charge < -0.3 is 15.2 Å². The van der Waals surface area contributed by atoms with Crippen molar-refractivity contribution in [3.63, 3.8) is 0 Å². The first-order valence-corrected chi connectivity index (χ1v) is 6.53. The van der Waals surface area contributed by atoms with Crippen molar-refractivity contribution in [3.05, 3.63) is 41.1 Å². The molecule has 2 unspecified atom stereocenters. The van der Waals surface area contributed by atoms with Gasteiger partial charge in [-0.2, -0.15) is 0 Å². The normalized spacial score (nSPS) is 18.5. The molecule has 1 aromatic rings. The molecule has 0 radical (unpaired) electrons. The van der Waals surface area contributed by atoms with Gasteiger partial charge in [-0.3, -0.25) is 0 Å². The summed E-state index contributed by atoms with van der Waals surface area (Å²) < 4.78 is 11.1. The molecule has 18 heavy (non-hydrogen) atoms. The minimum absolute atomic E-state index is 0.114. The van der Waals surface area contributed by atoms with E-state index in [9.17, 15) is 0 Å². The lowest BCUT2D eigenvalue weighted by Crippen LogP contribution is -2.39. The summed E-state index contributed by atoms with van der Waals surface area (Å²) in [5.41, 5.74) is 7.28. The van der Waals surface area contributed by atoms with Crippen LogP contribution in [0.5, 0.6) is 5.75 Å². The van der Waals surface area contributed by atoms with E-state index in [-0.39, 0.29) is 12.1 Å². The monoisotopic (exact) mass is 267 g/mol. The SMILES string of the molecule is CC(Oc1cccc(Cl)c1)C(N)C1=COCCC1. The second-order valence-electron chi connectivity index (χ2n) is 4.47.